The lowest BCUT2D eigenvalue weighted by molar-refractivity contribution is 0.192. The van der Waals surface area contributed by atoms with E-state index in [1.54, 1.807) is 36.9 Å². The van der Waals surface area contributed by atoms with Crippen molar-refractivity contribution < 1.29 is 9.84 Å². The van der Waals surface area contributed by atoms with Crippen LogP contribution in [0.3, 0.4) is 0 Å². The van der Waals surface area contributed by atoms with E-state index in [-0.39, 0.29) is 0 Å². The summed E-state index contributed by atoms with van der Waals surface area (Å²) in [6.07, 6.45) is -0.592. The molecular formula is C16H17ClO2S. The van der Waals surface area contributed by atoms with Crippen molar-refractivity contribution in [2.75, 3.05) is 12.4 Å². The van der Waals surface area contributed by atoms with Crippen LogP contribution in [0.1, 0.15) is 18.6 Å². The zero-order valence-electron chi connectivity index (χ0n) is 11.3. The van der Waals surface area contributed by atoms with Crippen LogP contribution in [0.15, 0.2) is 53.4 Å². The second kappa shape index (κ2) is 7.58. The Kier molecular flexibility index (Phi) is 5.77. The number of halogens is 1. The summed E-state index contributed by atoms with van der Waals surface area (Å²) in [4.78, 5) is 1.22. The van der Waals surface area contributed by atoms with Crippen LogP contribution in [0, 0.1) is 0 Å². The SMILES string of the molecule is CC(O)c1cc(Cl)ccc1OCCSc1ccccc1. The molecule has 0 bridgehead atoms. The Bertz CT molecular complexity index is 543. The average molecular weight is 309 g/mol. The first-order valence-corrected chi connectivity index (χ1v) is 7.81. The van der Waals surface area contributed by atoms with E-state index in [1.165, 1.54) is 4.90 Å². The molecule has 0 aromatic heterocycles. The van der Waals surface area contributed by atoms with E-state index in [4.69, 9.17) is 16.3 Å². The van der Waals surface area contributed by atoms with Crippen molar-refractivity contribution in [2.45, 2.75) is 17.9 Å². The Labute approximate surface area is 128 Å². The summed E-state index contributed by atoms with van der Waals surface area (Å²) < 4.78 is 5.74. The van der Waals surface area contributed by atoms with Gasteiger partial charge in [0.25, 0.3) is 0 Å². The summed E-state index contributed by atoms with van der Waals surface area (Å²) in [6, 6.07) is 15.5. The van der Waals surface area contributed by atoms with Crippen molar-refractivity contribution in [1.82, 2.24) is 0 Å². The molecule has 0 aliphatic heterocycles. The fourth-order valence-corrected chi connectivity index (χ4v) is 2.74. The number of benzene rings is 2. The normalized spacial score (nSPS) is 12.2. The quantitative estimate of drug-likeness (QED) is 0.626. The minimum Gasteiger partial charge on any atom is -0.492 e. The smallest absolute Gasteiger partial charge is 0.125 e. The molecule has 4 heteroatoms. The number of aliphatic hydroxyl groups excluding tert-OH is 1. The van der Waals surface area contributed by atoms with Crippen LogP contribution in [0.2, 0.25) is 5.02 Å². The minimum atomic E-state index is -0.592. The molecule has 2 rings (SSSR count). The molecule has 1 unspecified atom stereocenters. The first-order valence-electron chi connectivity index (χ1n) is 6.45. The molecule has 0 aliphatic rings. The van der Waals surface area contributed by atoms with Gasteiger partial charge in [-0.1, -0.05) is 29.8 Å². The molecule has 20 heavy (non-hydrogen) atoms. The maximum atomic E-state index is 9.72. The number of hydrogen-bond acceptors (Lipinski definition) is 3. The molecule has 2 aromatic rings. The number of hydrogen-bond donors (Lipinski definition) is 1. The van der Waals surface area contributed by atoms with E-state index in [0.717, 1.165) is 11.3 Å². The lowest BCUT2D eigenvalue weighted by atomic mass is 10.1. The average Bonchev–Trinajstić information content (AvgIpc) is 2.45. The fourth-order valence-electron chi connectivity index (χ4n) is 1.81. The maximum Gasteiger partial charge on any atom is 0.125 e. The van der Waals surface area contributed by atoms with E-state index in [1.807, 2.05) is 18.2 Å². The molecule has 0 spiro atoms. The number of aliphatic hydroxyl groups is 1. The Hall–Kier alpha value is -1.16. The molecular weight excluding hydrogens is 292 g/mol. The Balaban J connectivity index is 1.88. The van der Waals surface area contributed by atoms with Gasteiger partial charge in [-0.05, 0) is 37.3 Å². The molecule has 2 aromatic carbocycles. The standard InChI is InChI=1S/C16H17ClO2S/c1-12(18)15-11-13(17)7-8-16(15)19-9-10-20-14-5-3-2-4-6-14/h2-8,11-12,18H,9-10H2,1H3. The van der Waals surface area contributed by atoms with Crippen LogP contribution in [0.4, 0.5) is 0 Å². The third-order valence-electron chi connectivity index (χ3n) is 2.77. The highest BCUT2D eigenvalue weighted by atomic mass is 35.5. The van der Waals surface area contributed by atoms with Gasteiger partial charge < -0.3 is 9.84 Å². The number of thioether (sulfide) groups is 1. The summed E-state index contributed by atoms with van der Waals surface area (Å²) in [7, 11) is 0. The third kappa shape index (κ3) is 4.44. The summed E-state index contributed by atoms with van der Waals surface area (Å²) in [5.74, 6) is 1.55. The van der Waals surface area contributed by atoms with Gasteiger partial charge in [0.05, 0.1) is 12.7 Å². The molecule has 2 nitrogen and oxygen atoms in total. The Morgan fingerprint density at radius 2 is 1.95 bits per heavy atom. The van der Waals surface area contributed by atoms with E-state index in [0.29, 0.717) is 17.4 Å². The molecule has 1 atom stereocenters. The van der Waals surface area contributed by atoms with Crippen LogP contribution in [-0.2, 0) is 0 Å². The van der Waals surface area contributed by atoms with Crippen LogP contribution in [0.5, 0.6) is 5.75 Å². The second-order valence-electron chi connectivity index (χ2n) is 4.37. The van der Waals surface area contributed by atoms with Gasteiger partial charge in [0.2, 0.25) is 0 Å². The van der Waals surface area contributed by atoms with Gasteiger partial charge in [0.1, 0.15) is 5.75 Å². The molecule has 0 saturated carbocycles. The summed E-state index contributed by atoms with van der Waals surface area (Å²) in [6.45, 7) is 2.29. The Morgan fingerprint density at radius 1 is 1.20 bits per heavy atom. The van der Waals surface area contributed by atoms with Crippen molar-refractivity contribution >= 4 is 23.4 Å². The van der Waals surface area contributed by atoms with Crippen molar-refractivity contribution in [3.8, 4) is 5.75 Å². The topological polar surface area (TPSA) is 29.5 Å². The Morgan fingerprint density at radius 3 is 2.65 bits per heavy atom. The lowest BCUT2D eigenvalue weighted by Gasteiger charge is -2.13. The first kappa shape index (κ1) is 15.2. The molecule has 0 aliphatic carbocycles. The zero-order chi connectivity index (χ0) is 14.4. The first-order chi connectivity index (χ1) is 9.66. The van der Waals surface area contributed by atoms with E-state index in [9.17, 15) is 5.11 Å². The van der Waals surface area contributed by atoms with Gasteiger partial charge in [-0.15, -0.1) is 11.8 Å². The van der Waals surface area contributed by atoms with Gasteiger partial charge in [0, 0.05) is 21.2 Å². The van der Waals surface area contributed by atoms with Crippen LogP contribution in [-0.4, -0.2) is 17.5 Å². The number of ether oxygens (including phenoxy) is 1. The van der Waals surface area contributed by atoms with Crippen LogP contribution >= 0.6 is 23.4 Å². The van der Waals surface area contributed by atoms with E-state index >= 15 is 0 Å². The van der Waals surface area contributed by atoms with E-state index < -0.39 is 6.10 Å². The summed E-state index contributed by atoms with van der Waals surface area (Å²) in [5, 5.41) is 10.3. The van der Waals surface area contributed by atoms with Crippen molar-refractivity contribution in [3.05, 3.63) is 59.1 Å². The van der Waals surface area contributed by atoms with Crippen molar-refractivity contribution in [3.63, 3.8) is 0 Å². The molecule has 0 fully saturated rings. The lowest BCUT2D eigenvalue weighted by Crippen LogP contribution is -2.04. The highest BCUT2D eigenvalue weighted by Crippen LogP contribution is 2.28. The predicted molar refractivity (Wildman–Crippen MR) is 84.7 cm³/mol. The van der Waals surface area contributed by atoms with Gasteiger partial charge in [0.15, 0.2) is 0 Å². The molecule has 1 N–H and O–H groups in total. The predicted octanol–water partition coefficient (Wildman–Crippen LogP) is 4.56. The van der Waals surface area contributed by atoms with Gasteiger partial charge in [-0.3, -0.25) is 0 Å². The monoisotopic (exact) mass is 308 g/mol. The highest BCUT2D eigenvalue weighted by molar-refractivity contribution is 7.99. The maximum absolute atomic E-state index is 9.72. The van der Waals surface area contributed by atoms with Crippen LogP contribution < -0.4 is 4.74 Å². The second-order valence-corrected chi connectivity index (χ2v) is 5.97. The van der Waals surface area contributed by atoms with E-state index in [2.05, 4.69) is 12.1 Å². The zero-order valence-corrected chi connectivity index (χ0v) is 12.8. The largest absolute Gasteiger partial charge is 0.492 e. The highest BCUT2D eigenvalue weighted by Gasteiger charge is 2.09. The summed E-state index contributed by atoms with van der Waals surface area (Å²) in [5.41, 5.74) is 0.724. The third-order valence-corrected chi connectivity index (χ3v) is 3.99. The number of rotatable bonds is 6. The molecule has 0 heterocycles. The van der Waals surface area contributed by atoms with Gasteiger partial charge in [-0.25, -0.2) is 0 Å². The van der Waals surface area contributed by atoms with Crippen LogP contribution in [0.25, 0.3) is 0 Å². The van der Waals surface area contributed by atoms with Crippen molar-refractivity contribution in [1.29, 1.82) is 0 Å². The minimum absolute atomic E-state index is 0.584. The molecule has 0 saturated heterocycles. The molecule has 0 radical (unpaired) electrons. The van der Waals surface area contributed by atoms with Gasteiger partial charge >= 0.3 is 0 Å². The van der Waals surface area contributed by atoms with Crippen molar-refractivity contribution in [2.24, 2.45) is 0 Å². The molecule has 106 valence electrons. The summed E-state index contributed by atoms with van der Waals surface area (Å²) >= 11 is 7.67. The van der Waals surface area contributed by atoms with Gasteiger partial charge in [-0.2, -0.15) is 0 Å². The fraction of sp³-hybridized carbons (Fsp3) is 0.250. The molecule has 0 amide bonds.